The SMILES string of the molecule is O=C(O)c1ccc2c(c1)C(=O)OC2=O.O=C(O)c1cccc(C(=O)O)c1.O=C=Nc1ccc(Cc2ccc(N=C=O)cc2)cc1. The van der Waals surface area contributed by atoms with E-state index in [1.165, 1.54) is 42.5 Å². The molecule has 0 aliphatic carbocycles. The van der Waals surface area contributed by atoms with Crippen molar-refractivity contribution in [3.05, 3.63) is 130 Å². The van der Waals surface area contributed by atoms with Gasteiger partial charge in [0.25, 0.3) is 0 Å². The van der Waals surface area contributed by atoms with Crippen molar-refractivity contribution >= 4 is 53.4 Å². The third kappa shape index (κ3) is 9.35. The van der Waals surface area contributed by atoms with Crippen LogP contribution in [0.1, 0.15) is 62.9 Å². The van der Waals surface area contributed by atoms with Gasteiger partial charge in [0.1, 0.15) is 0 Å². The van der Waals surface area contributed by atoms with Gasteiger partial charge in [-0.15, -0.1) is 0 Å². The molecule has 0 fully saturated rings. The van der Waals surface area contributed by atoms with E-state index in [2.05, 4.69) is 14.7 Å². The monoisotopic (exact) mass is 608 g/mol. The average molecular weight is 609 g/mol. The second-order valence-electron chi connectivity index (χ2n) is 8.85. The summed E-state index contributed by atoms with van der Waals surface area (Å²) < 4.78 is 4.30. The maximum absolute atomic E-state index is 11.0. The van der Waals surface area contributed by atoms with Crippen molar-refractivity contribution in [1.29, 1.82) is 0 Å². The Labute approximate surface area is 253 Å². The highest BCUT2D eigenvalue weighted by Gasteiger charge is 2.30. The summed E-state index contributed by atoms with van der Waals surface area (Å²) in [6.07, 6.45) is 3.77. The number of nitrogens with zero attached hydrogens (tertiary/aromatic N) is 2. The Bertz CT molecular complexity index is 1780. The summed E-state index contributed by atoms with van der Waals surface area (Å²) in [4.78, 5) is 80.6. The van der Waals surface area contributed by atoms with Crippen molar-refractivity contribution in [3.8, 4) is 0 Å². The lowest BCUT2D eigenvalue weighted by Gasteiger charge is -2.02. The molecule has 0 radical (unpaired) electrons. The Morgan fingerprint density at radius 1 is 0.578 bits per heavy atom. The summed E-state index contributed by atoms with van der Waals surface area (Å²) in [6, 6.07) is 23.6. The zero-order valence-corrected chi connectivity index (χ0v) is 22.9. The Morgan fingerprint density at radius 3 is 1.42 bits per heavy atom. The fourth-order valence-corrected chi connectivity index (χ4v) is 3.72. The molecular formula is C32H20N2O11. The van der Waals surface area contributed by atoms with Crippen molar-refractivity contribution < 1.29 is 53.6 Å². The number of fused-ring (bicyclic) bond motifs is 1. The van der Waals surface area contributed by atoms with Crippen molar-refractivity contribution in [2.45, 2.75) is 6.42 Å². The van der Waals surface area contributed by atoms with E-state index in [0.29, 0.717) is 11.4 Å². The Balaban J connectivity index is 0.000000190. The molecule has 0 unspecified atom stereocenters. The molecule has 1 heterocycles. The minimum absolute atomic E-state index is 0.00917. The van der Waals surface area contributed by atoms with Gasteiger partial charge < -0.3 is 20.1 Å². The maximum atomic E-state index is 11.0. The van der Waals surface area contributed by atoms with Gasteiger partial charge in [-0.25, -0.2) is 33.6 Å². The molecule has 0 spiro atoms. The molecule has 224 valence electrons. The van der Waals surface area contributed by atoms with Gasteiger partial charge >= 0.3 is 29.8 Å². The van der Waals surface area contributed by atoms with E-state index in [9.17, 15) is 33.6 Å². The van der Waals surface area contributed by atoms with Crippen LogP contribution in [0.5, 0.6) is 0 Å². The number of isocyanates is 2. The molecule has 4 aromatic rings. The summed E-state index contributed by atoms with van der Waals surface area (Å²) in [5.41, 5.74) is 3.44. The van der Waals surface area contributed by atoms with Crippen LogP contribution in [0.25, 0.3) is 0 Å². The van der Waals surface area contributed by atoms with Gasteiger partial charge in [-0.05, 0) is 78.2 Å². The molecule has 1 aliphatic rings. The highest BCUT2D eigenvalue weighted by molar-refractivity contribution is 6.15. The van der Waals surface area contributed by atoms with Crippen LogP contribution in [-0.4, -0.2) is 57.3 Å². The number of benzene rings is 4. The van der Waals surface area contributed by atoms with E-state index in [1.807, 2.05) is 24.3 Å². The van der Waals surface area contributed by atoms with Gasteiger partial charge in [-0.2, -0.15) is 9.98 Å². The Morgan fingerprint density at radius 2 is 1.00 bits per heavy atom. The molecule has 0 bridgehead atoms. The number of cyclic esters (lactones) is 2. The molecule has 0 atom stereocenters. The molecule has 13 nitrogen and oxygen atoms in total. The Kier molecular flexibility index (Phi) is 11.2. The van der Waals surface area contributed by atoms with Gasteiger partial charge in [-0.1, -0.05) is 30.3 Å². The zero-order chi connectivity index (χ0) is 32.9. The predicted molar refractivity (Wildman–Crippen MR) is 155 cm³/mol. The summed E-state index contributed by atoms with van der Waals surface area (Å²) in [6.45, 7) is 0. The number of hydrogen-bond donors (Lipinski definition) is 3. The van der Waals surface area contributed by atoms with Crippen molar-refractivity contribution in [2.75, 3.05) is 0 Å². The summed E-state index contributed by atoms with van der Waals surface area (Å²) in [5.74, 6) is -4.94. The summed E-state index contributed by atoms with van der Waals surface area (Å²) in [7, 11) is 0. The van der Waals surface area contributed by atoms with Crippen LogP contribution in [0, 0.1) is 0 Å². The molecule has 0 saturated carbocycles. The first-order valence-corrected chi connectivity index (χ1v) is 12.6. The van der Waals surface area contributed by atoms with Crippen LogP contribution in [0.4, 0.5) is 11.4 Å². The standard InChI is InChI=1S/C15H10N2O2.C9H4O5.C8H6O4/c18-10-16-14-5-1-12(2-6-14)9-13-3-7-15(8-4-13)17-11-19;10-7(11)4-1-2-5-6(3-4)9(13)14-8(5)12;9-7(10)5-2-1-3-6(4-5)8(11)12/h1-8H,9H2;1-3H,(H,10,11);1-4H,(H,9,10)(H,11,12). The smallest absolute Gasteiger partial charge is 0.346 e. The topological polar surface area (TPSA) is 214 Å². The fraction of sp³-hybridized carbons (Fsp3) is 0.0312. The van der Waals surface area contributed by atoms with E-state index >= 15 is 0 Å². The number of carbonyl (C=O) groups excluding carboxylic acids is 4. The third-order valence-electron chi connectivity index (χ3n) is 5.88. The maximum Gasteiger partial charge on any atom is 0.346 e. The van der Waals surface area contributed by atoms with E-state index < -0.39 is 29.8 Å². The quantitative estimate of drug-likeness (QED) is 0.110. The number of esters is 2. The summed E-state index contributed by atoms with van der Waals surface area (Å²) in [5, 5.41) is 25.6. The third-order valence-corrected chi connectivity index (χ3v) is 5.88. The largest absolute Gasteiger partial charge is 0.478 e. The van der Waals surface area contributed by atoms with Crippen molar-refractivity contribution in [2.24, 2.45) is 9.98 Å². The molecule has 0 aromatic heterocycles. The first-order valence-electron chi connectivity index (χ1n) is 12.6. The highest BCUT2D eigenvalue weighted by Crippen LogP contribution is 2.21. The predicted octanol–water partition coefficient (Wildman–Crippen LogP) is 4.99. The van der Waals surface area contributed by atoms with Gasteiger partial charge in [0.2, 0.25) is 12.2 Å². The van der Waals surface area contributed by atoms with Crippen LogP contribution in [0.15, 0.2) is 101 Å². The molecule has 3 N–H and O–H groups in total. The molecule has 0 amide bonds. The van der Waals surface area contributed by atoms with E-state index in [1.54, 1.807) is 24.3 Å². The molecule has 45 heavy (non-hydrogen) atoms. The Hall–Kier alpha value is -6.81. The van der Waals surface area contributed by atoms with Crippen LogP contribution in [-0.2, 0) is 20.7 Å². The van der Waals surface area contributed by atoms with Crippen LogP contribution < -0.4 is 0 Å². The van der Waals surface area contributed by atoms with Crippen molar-refractivity contribution in [1.82, 2.24) is 0 Å². The molecule has 5 rings (SSSR count). The first kappa shape index (κ1) is 32.7. The number of carboxylic acid groups (broad SMARTS) is 3. The lowest BCUT2D eigenvalue weighted by molar-refractivity contribution is 0.0442. The fourth-order valence-electron chi connectivity index (χ4n) is 3.72. The van der Waals surface area contributed by atoms with Crippen LogP contribution in [0.2, 0.25) is 0 Å². The van der Waals surface area contributed by atoms with Crippen LogP contribution >= 0.6 is 0 Å². The number of carbonyl (C=O) groups is 5. The van der Waals surface area contributed by atoms with E-state index in [0.717, 1.165) is 29.7 Å². The van der Waals surface area contributed by atoms with Gasteiger partial charge in [-0.3, -0.25) is 0 Å². The lowest BCUT2D eigenvalue weighted by Crippen LogP contribution is -2.01. The van der Waals surface area contributed by atoms with E-state index in [4.69, 9.17) is 15.3 Å². The number of ether oxygens (including phenoxy) is 1. The minimum Gasteiger partial charge on any atom is -0.478 e. The molecule has 0 saturated heterocycles. The number of carboxylic acids is 3. The van der Waals surface area contributed by atoms with Crippen molar-refractivity contribution in [3.63, 3.8) is 0 Å². The van der Waals surface area contributed by atoms with Gasteiger partial charge in [0.05, 0.1) is 39.2 Å². The number of hydrogen-bond acceptors (Lipinski definition) is 10. The van der Waals surface area contributed by atoms with E-state index in [-0.39, 0.29) is 27.8 Å². The summed E-state index contributed by atoms with van der Waals surface area (Å²) >= 11 is 0. The second kappa shape index (κ2) is 15.4. The first-order chi connectivity index (χ1) is 21.5. The van der Waals surface area contributed by atoms with Crippen LogP contribution in [0.3, 0.4) is 0 Å². The zero-order valence-electron chi connectivity index (χ0n) is 22.9. The molecule has 4 aromatic carbocycles. The highest BCUT2D eigenvalue weighted by atomic mass is 16.6. The average Bonchev–Trinajstić information content (AvgIpc) is 3.32. The molecule has 1 aliphatic heterocycles. The second-order valence-corrected chi connectivity index (χ2v) is 8.85. The molecular weight excluding hydrogens is 588 g/mol. The molecule has 13 heteroatoms. The number of rotatable bonds is 7. The minimum atomic E-state index is -1.15. The number of aromatic carboxylic acids is 3. The number of aliphatic imine (C=N–C) groups is 2. The normalized spacial score (nSPS) is 10.7. The van der Waals surface area contributed by atoms with Gasteiger partial charge in [0, 0.05) is 0 Å². The van der Waals surface area contributed by atoms with Gasteiger partial charge in [0.15, 0.2) is 0 Å². The lowest BCUT2D eigenvalue weighted by atomic mass is 10.0.